The molecule has 0 N–H and O–H groups in total. The van der Waals surface area contributed by atoms with E-state index in [4.69, 9.17) is 4.98 Å². The molecule has 3 heterocycles. The van der Waals surface area contributed by atoms with Crippen molar-refractivity contribution in [3.63, 3.8) is 0 Å². The van der Waals surface area contributed by atoms with Crippen LogP contribution in [-0.4, -0.2) is 33.8 Å². The molecule has 2 aromatic heterocycles. The summed E-state index contributed by atoms with van der Waals surface area (Å²) in [5, 5.41) is 0. The molecule has 0 bridgehead atoms. The first-order chi connectivity index (χ1) is 14.3. The molecule has 1 amide bonds. The van der Waals surface area contributed by atoms with Gasteiger partial charge in [-0.25, -0.2) is 4.98 Å². The quantitative estimate of drug-likeness (QED) is 0.466. The maximum absolute atomic E-state index is 11.3. The molecule has 5 rings (SSSR count). The Morgan fingerprint density at radius 3 is 2.48 bits per heavy atom. The standard InChI is InChI=1S/C25H23N3O/c29-18-27-15-8-11-20(17-27)25-26-24(23-14-6-7-16-28(23)25)22-13-5-4-12-21(22)19-9-2-1-3-10-19/h1-7,9-10,12-14,16,18,20H,8,11,15,17H2. The second-order valence-electron chi connectivity index (χ2n) is 7.63. The van der Waals surface area contributed by atoms with E-state index in [0.717, 1.165) is 54.9 Å². The number of rotatable bonds is 4. The molecule has 0 saturated carbocycles. The van der Waals surface area contributed by atoms with E-state index in [2.05, 4.69) is 71.3 Å². The summed E-state index contributed by atoms with van der Waals surface area (Å²) in [5.41, 5.74) is 5.61. The van der Waals surface area contributed by atoms with Crippen molar-refractivity contribution < 1.29 is 4.79 Å². The third-order valence-electron chi connectivity index (χ3n) is 5.81. The third kappa shape index (κ3) is 3.21. The molecule has 0 aliphatic carbocycles. The van der Waals surface area contributed by atoms with Gasteiger partial charge in [0, 0.05) is 30.8 Å². The highest BCUT2D eigenvalue weighted by Crippen LogP contribution is 2.36. The summed E-state index contributed by atoms with van der Waals surface area (Å²) in [7, 11) is 0. The summed E-state index contributed by atoms with van der Waals surface area (Å²) in [6.07, 6.45) is 5.12. The fourth-order valence-corrected chi connectivity index (χ4v) is 4.42. The van der Waals surface area contributed by atoms with E-state index >= 15 is 0 Å². The van der Waals surface area contributed by atoms with Crippen LogP contribution in [0.25, 0.3) is 27.9 Å². The van der Waals surface area contributed by atoms with E-state index in [0.29, 0.717) is 0 Å². The minimum Gasteiger partial charge on any atom is -0.345 e. The molecular weight excluding hydrogens is 358 g/mol. The maximum atomic E-state index is 11.3. The van der Waals surface area contributed by atoms with Crippen molar-refractivity contribution in [2.45, 2.75) is 18.8 Å². The number of hydrogen-bond donors (Lipinski definition) is 0. The molecule has 1 atom stereocenters. The molecule has 0 radical (unpaired) electrons. The molecule has 1 aliphatic heterocycles. The molecule has 2 aromatic carbocycles. The van der Waals surface area contributed by atoms with Gasteiger partial charge in [-0.1, -0.05) is 60.7 Å². The SMILES string of the molecule is O=CN1CCCC(c2nc(-c3ccccc3-c3ccccc3)c3ccccn23)C1. The number of aromatic nitrogens is 2. The highest BCUT2D eigenvalue weighted by Gasteiger charge is 2.26. The zero-order valence-electron chi connectivity index (χ0n) is 16.2. The van der Waals surface area contributed by atoms with Crippen LogP contribution in [0.2, 0.25) is 0 Å². The predicted molar refractivity (Wildman–Crippen MR) is 116 cm³/mol. The van der Waals surface area contributed by atoms with E-state index in [-0.39, 0.29) is 5.92 Å². The van der Waals surface area contributed by atoms with Gasteiger partial charge >= 0.3 is 0 Å². The largest absolute Gasteiger partial charge is 0.345 e. The van der Waals surface area contributed by atoms with Crippen LogP contribution in [0.1, 0.15) is 24.6 Å². The topological polar surface area (TPSA) is 37.6 Å². The Bertz CT molecular complexity index is 1150. The monoisotopic (exact) mass is 381 g/mol. The highest BCUT2D eigenvalue weighted by molar-refractivity contribution is 5.88. The van der Waals surface area contributed by atoms with E-state index in [9.17, 15) is 4.79 Å². The van der Waals surface area contributed by atoms with Crippen LogP contribution in [0.3, 0.4) is 0 Å². The van der Waals surface area contributed by atoms with Crippen LogP contribution < -0.4 is 0 Å². The maximum Gasteiger partial charge on any atom is 0.209 e. The number of benzene rings is 2. The van der Waals surface area contributed by atoms with Crippen LogP contribution in [-0.2, 0) is 4.79 Å². The number of imidazole rings is 1. The Hall–Kier alpha value is -3.40. The van der Waals surface area contributed by atoms with E-state index < -0.39 is 0 Å². The van der Waals surface area contributed by atoms with Gasteiger partial charge in [-0.3, -0.25) is 4.79 Å². The summed E-state index contributed by atoms with van der Waals surface area (Å²) in [4.78, 5) is 18.4. The van der Waals surface area contributed by atoms with Crippen molar-refractivity contribution >= 4 is 11.9 Å². The summed E-state index contributed by atoms with van der Waals surface area (Å²) < 4.78 is 2.20. The lowest BCUT2D eigenvalue weighted by molar-refractivity contribution is -0.119. The summed E-state index contributed by atoms with van der Waals surface area (Å²) >= 11 is 0. The molecule has 0 spiro atoms. The Kier molecular flexibility index (Phi) is 4.60. The number of carbonyl (C=O) groups is 1. The van der Waals surface area contributed by atoms with Crippen LogP contribution >= 0.6 is 0 Å². The summed E-state index contributed by atoms with van der Waals surface area (Å²) in [6, 6.07) is 25.2. The van der Waals surface area contributed by atoms with Gasteiger partial charge in [0.2, 0.25) is 6.41 Å². The van der Waals surface area contributed by atoms with Crippen molar-refractivity contribution in [1.29, 1.82) is 0 Å². The molecule has 4 aromatic rings. The first-order valence-corrected chi connectivity index (χ1v) is 10.2. The van der Waals surface area contributed by atoms with Gasteiger partial charge in [-0.15, -0.1) is 0 Å². The molecule has 1 aliphatic rings. The van der Waals surface area contributed by atoms with Gasteiger partial charge in [0.1, 0.15) is 5.82 Å². The molecule has 1 fully saturated rings. The minimum atomic E-state index is 0.251. The van der Waals surface area contributed by atoms with Crippen LogP contribution in [0.15, 0.2) is 79.0 Å². The lowest BCUT2D eigenvalue weighted by Gasteiger charge is -2.29. The Morgan fingerprint density at radius 2 is 1.66 bits per heavy atom. The highest BCUT2D eigenvalue weighted by atomic mass is 16.1. The third-order valence-corrected chi connectivity index (χ3v) is 5.81. The van der Waals surface area contributed by atoms with Crippen molar-refractivity contribution in [2.75, 3.05) is 13.1 Å². The lowest BCUT2D eigenvalue weighted by Crippen LogP contribution is -2.33. The average Bonchev–Trinajstić information content (AvgIpc) is 3.19. The van der Waals surface area contributed by atoms with Crippen LogP contribution in [0, 0.1) is 0 Å². The molecule has 1 saturated heterocycles. The molecule has 4 heteroatoms. The number of hydrogen-bond acceptors (Lipinski definition) is 2. The predicted octanol–water partition coefficient (Wildman–Crippen LogP) is 5.00. The number of piperidine rings is 1. The van der Waals surface area contributed by atoms with Crippen LogP contribution in [0.4, 0.5) is 0 Å². The average molecular weight is 381 g/mol. The molecule has 4 nitrogen and oxygen atoms in total. The zero-order valence-corrected chi connectivity index (χ0v) is 16.2. The number of pyridine rings is 1. The first-order valence-electron chi connectivity index (χ1n) is 10.2. The van der Waals surface area contributed by atoms with E-state index in [1.54, 1.807) is 0 Å². The summed E-state index contributed by atoms with van der Waals surface area (Å²) in [5.74, 6) is 1.30. The minimum absolute atomic E-state index is 0.251. The number of likely N-dealkylation sites (tertiary alicyclic amines) is 1. The number of carbonyl (C=O) groups excluding carboxylic acids is 1. The second-order valence-corrected chi connectivity index (χ2v) is 7.63. The molecular formula is C25H23N3O. The van der Waals surface area contributed by atoms with Gasteiger partial charge in [0.15, 0.2) is 0 Å². The van der Waals surface area contributed by atoms with Crippen molar-refractivity contribution in [3.05, 3.63) is 84.8 Å². The normalized spacial score (nSPS) is 16.8. The van der Waals surface area contributed by atoms with Gasteiger partial charge < -0.3 is 9.30 Å². The molecule has 1 unspecified atom stereocenters. The smallest absolute Gasteiger partial charge is 0.209 e. The van der Waals surface area contributed by atoms with Crippen molar-refractivity contribution in [3.8, 4) is 22.4 Å². The van der Waals surface area contributed by atoms with Gasteiger partial charge in [0.05, 0.1) is 11.2 Å². The number of amides is 1. The van der Waals surface area contributed by atoms with Gasteiger partial charge in [-0.2, -0.15) is 0 Å². The molecule has 29 heavy (non-hydrogen) atoms. The van der Waals surface area contributed by atoms with E-state index in [1.807, 2.05) is 17.0 Å². The Morgan fingerprint density at radius 1 is 0.897 bits per heavy atom. The zero-order chi connectivity index (χ0) is 19.6. The second kappa shape index (κ2) is 7.55. The molecule has 144 valence electrons. The lowest BCUT2D eigenvalue weighted by atomic mass is 9.97. The van der Waals surface area contributed by atoms with Gasteiger partial charge in [-0.05, 0) is 36.1 Å². The van der Waals surface area contributed by atoms with Crippen molar-refractivity contribution in [2.24, 2.45) is 0 Å². The number of fused-ring (bicyclic) bond motifs is 1. The number of nitrogens with zero attached hydrogens (tertiary/aromatic N) is 3. The fraction of sp³-hybridized carbons (Fsp3) is 0.200. The van der Waals surface area contributed by atoms with Crippen LogP contribution in [0.5, 0.6) is 0 Å². The first kappa shape index (κ1) is 17.7. The van der Waals surface area contributed by atoms with E-state index in [1.165, 1.54) is 11.1 Å². The fourth-order valence-electron chi connectivity index (χ4n) is 4.42. The Labute approximate surface area is 170 Å². The van der Waals surface area contributed by atoms with Gasteiger partial charge in [0.25, 0.3) is 0 Å². The summed E-state index contributed by atoms with van der Waals surface area (Å²) in [6.45, 7) is 1.57. The Balaban J connectivity index is 1.67. The van der Waals surface area contributed by atoms with Crippen molar-refractivity contribution in [1.82, 2.24) is 14.3 Å².